The average molecular weight is 538 g/mol. The van der Waals surface area contributed by atoms with E-state index in [1.807, 2.05) is 0 Å². The van der Waals surface area contributed by atoms with Gasteiger partial charge in [0.1, 0.15) is 31.1 Å². The zero-order valence-electron chi connectivity index (χ0n) is 19.6. The van der Waals surface area contributed by atoms with E-state index in [4.69, 9.17) is 32.9 Å². The molecule has 13 heteroatoms. The summed E-state index contributed by atoms with van der Waals surface area (Å²) in [4.78, 5) is 27.8. The Balaban J connectivity index is 2.02. The van der Waals surface area contributed by atoms with Crippen molar-refractivity contribution in [3.8, 4) is 12.3 Å². The molecule has 1 N–H and O–H groups in total. The summed E-state index contributed by atoms with van der Waals surface area (Å²) in [5.41, 5.74) is -4.05. The number of nitrogens with zero attached hydrogens (tertiary/aromatic N) is 2. The number of H-pyrrole nitrogens is 1. The van der Waals surface area contributed by atoms with Gasteiger partial charge in [-0.15, -0.1) is 6.42 Å². The number of hydrogen-bond acceptors (Lipinski definition) is 8. The van der Waals surface area contributed by atoms with Crippen molar-refractivity contribution >= 4 is 28.4 Å². The van der Waals surface area contributed by atoms with Crippen LogP contribution in [0, 0.1) is 12.3 Å². The molecule has 0 bridgehead atoms. The van der Waals surface area contributed by atoms with Gasteiger partial charge in [-0.05, 0) is 38.1 Å². The summed E-state index contributed by atoms with van der Waals surface area (Å²) in [5.74, 6) is 3.07. The van der Waals surface area contributed by atoms with E-state index in [1.165, 1.54) is 11.8 Å². The third-order valence-corrected chi connectivity index (χ3v) is 6.43. The van der Waals surface area contributed by atoms with Crippen molar-refractivity contribution in [3.63, 3.8) is 0 Å². The van der Waals surface area contributed by atoms with E-state index in [0.717, 1.165) is 38.2 Å². The Labute approximate surface area is 211 Å². The van der Waals surface area contributed by atoms with E-state index in [1.54, 1.807) is 4.98 Å². The number of halogens is 3. The number of ether oxygens (including phenoxy) is 3. The molecule has 0 saturated carbocycles. The van der Waals surface area contributed by atoms with Gasteiger partial charge in [-0.2, -0.15) is 13.2 Å². The SMILES string of the molecule is C#CCO[C@H]1C[C@H](n2cc(C(F)(F)F)c(=O)[nH]c2=O)O[C@@H]1COC(=S)SCCN(CCC)CCC. The first-order valence-electron chi connectivity index (χ1n) is 11.3. The smallest absolute Gasteiger partial charge is 0.423 e. The number of thioether (sulfide) groups is 1. The summed E-state index contributed by atoms with van der Waals surface area (Å²) in [7, 11) is 0. The molecule has 35 heavy (non-hydrogen) atoms. The highest BCUT2D eigenvalue weighted by molar-refractivity contribution is 8.22. The number of aromatic nitrogens is 2. The first-order valence-corrected chi connectivity index (χ1v) is 12.6. The van der Waals surface area contributed by atoms with Crippen LogP contribution in [0.5, 0.6) is 0 Å². The lowest BCUT2D eigenvalue weighted by Gasteiger charge is -2.21. The molecule has 0 aliphatic carbocycles. The molecular weight excluding hydrogens is 507 g/mol. The highest BCUT2D eigenvalue weighted by atomic mass is 32.2. The van der Waals surface area contributed by atoms with Crippen LogP contribution in [-0.4, -0.2) is 69.6 Å². The topological polar surface area (TPSA) is 85.8 Å². The van der Waals surface area contributed by atoms with Gasteiger partial charge >= 0.3 is 11.9 Å². The van der Waals surface area contributed by atoms with Gasteiger partial charge in [0.25, 0.3) is 5.56 Å². The molecule has 0 unspecified atom stereocenters. The standard InChI is InChI=1S/C22H30F3N3O5S2/c1-4-7-27(8-5-2)9-11-35-21(34)32-14-17-16(31-10-6-3)12-18(33-17)28-13-15(22(23,24)25)19(29)26-20(28)30/h3,13,16-18H,4-5,7-12,14H2,1-2H3,(H,26,29,30)/t16-,17+,18+/m0/s1. The normalized spacial score (nSPS) is 20.2. The summed E-state index contributed by atoms with van der Waals surface area (Å²) >= 11 is 6.67. The molecule has 0 radical (unpaired) electrons. The van der Waals surface area contributed by atoms with Crippen LogP contribution in [-0.2, 0) is 20.4 Å². The second kappa shape index (κ2) is 14.0. The highest BCUT2D eigenvalue weighted by Gasteiger charge is 2.40. The fourth-order valence-electron chi connectivity index (χ4n) is 3.67. The second-order valence-electron chi connectivity index (χ2n) is 7.88. The molecule has 0 spiro atoms. The number of nitrogens with one attached hydrogen (secondary N) is 1. The number of rotatable bonds is 12. The molecule has 0 aromatic carbocycles. The molecular formula is C22H30F3N3O5S2. The van der Waals surface area contributed by atoms with Crippen molar-refractivity contribution in [2.45, 2.75) is 57.7 Å². The zero-order chi connectivity index (χ0) is 26.0. The molecule has 0 amide bonds. The van der Waals surface area contributed by atoms with E-state index < -0.39 is 41.4 Å². The van der Waals surface area contributed by atoms with Gasteiger partial charge in [0.15, 0.2) is 0 Å². The second-order valence-corrected chi connectivity index (χ2v) is 9.57. The fraction of sp³-hybridized carbons (Fsp3) is 0.682. The molecule has 8 nitrogen and oxygen atoms in total. The van der Waals surface area contributed by atoms with E-state index in [0.29, 0.717) is 15.1 Å². The molecule has 2 heterocycles. The maximum absolute atomic E-state index is 13.2. The molecule has 1 aliphatic heterocycles. The lowest BCUT2D eigenvalue weighted by atomic mass is 10.2. The van der Waals surface area contributed by atoms with E-state index in [9.17, 15) is 22.8 Å². The Hall–Kier alpha value is -1.85. The van der Waals surface area contributed by atoms with Crippen molar-refractivity contribution in [3.05, 3.63) is 32.6 Å². The molecule has 3 atom stereocenters. The third-order valence-electron chi connectivity index (χ3n) is 5.22. The van der Waals surface area contributed by atoms with E-state index >= 15 is 0 Å². The first-order chi connectivity index (χ1) is 16.6. The Morgan fingerprint density at radius 2 is 2.03 bits per heavy atom. The minimum atomic E-state index is -4.93. The highest BCUT2D eigenvalue weighted by Crippen LogP contribution is 2.32. The molecule has 196 valence electrons. The molecule has 1 aromatic heterocycles. The van der Waals surface area contributed by atoms with Gasteiger partial charge in [0.2, 0.25) is 4.38 Å². The number of terminal acetylenes is 1. The Bertz CT molecular complexity index is 986. The average Bonchev–Trinajstić information content (AvgIpc) is 3.18. The van der Waals surface area contributed by atoms with Crippen LogP contribution < -0.4 is 11.2 Å². The quantitative estimate of drug-likeness (QED) is 0.322. The number of alkyl halides is 3. The molecule has 1 aliphatic rings. The van der Waals surface area contributed by atoms with Crippen molar-refractivity contribution in [1.82, 2.24) is 14.5 Å². The fourth-order valence-corrected chi connectivity index (χ4v) is 4.66. The number of aromatic amines is 1. The van der Waals surface area contributed by atoms with Gasteiger partial charge in [0.05, 0.1) is 6.10 Å². The Kier molecular flexibility index (Phi) is 11.8. The van der Waals surface area contributed by atoms with Crippen LogP contribution >= 0.6 is 24.0 Å². The van der Waals surface area contributed by atoms with Gasteiger partial charge in [-0.1, -0.05) is 31.5 Å². The summed E-state index contributed by atoms with van der Waals surface area (Å²) < 4.78 is 57.4. The van der Waals surface area contributed by atoms with Gasteiger partial charge in [0, 0.05) is 24.9 Å². The molecule has 2 rings (SSSR count). The predicted octanol–water partition coefficient (Wildman–Crippen LogP) is 3.02. The van der Waals surface area contributed by atoms with E-state index in [-0.39, 0.29) is 19.6 Å². The molecule has 1 aromatic rings. The summed E-state index contributed by atoms with van der Waals surface area (Å²) in [6.07, 6.45) is 0.422. The van der Waals surface area contributed by atoms with Crippen LogP contribution in [0.25, 0.3) is 0 Å². The lowest BCUT2D eigenvalue weighted by Crippen LogP contribution is -2.36. The van der Waals surface area contributed by atoms with Crippen LogP contribution in [0.3, 0.4) is 0 Å². The van der Waals surface area contributed by atoms with Gasteiger partial charge < -0.3 is 19.1 Å². The van der Waals surface area contributed by atoms with Crippen molar-refractivity contribution in [1.29, 1.82) is 0 Å². The Morgan fingerprint density at radius 3 is 2.63 bits per heavy atom. The van der Waals surface area contributed by atoms with Crippen molar-refractivity contribution in [2.75, 3.05) is 38.6 Å². The molecule has 1 fully saturated rings. The van der Waals surface area contributed by atoms with Crippen LogP contribution in [0.2, 0.25) is 0 Å². The zero-order valence-corrected chi connectivity index (χ0v) is 21.3. The largest absolute Gasteiger partial charge is 0.476 e. The predicted molar refractivity (Wildman–Crippen MR) is 131 cm³/mol. The van der Waals surface area contributed by atoms with Crippen LogP contribution in [0.1, 0.15) is 44.9 Å². The van der Waals surface area contributed by atoms with Gasteiger partial charge in [-0.25, -0.2) is 4.79 Å². The maximum atomic E-state index is 13.2. The molecule has 1 saturated heterocycles. The first kappa shape index (κ1) is 29.4. The summed E-state index contributed by atoms with van der Waals surface area (Å²) in [6.45, 7) is 7.04. The number of hydrogen-bond donors (Lipinski definition) is 1. The minimum absolute atomic E-state index is 0.0296. The minimum Gasteiger partial charge on any atom is -0.476 e. The number of thiocarbonyl (C=S) groups is 1. The van der Waals surface area contributed by atoms with Crippen molar-refractivity contribution < 1.29 is 27.4 Å². The van der Waals surface area contributed by atoms with Gasteiger partial charge in [-0.3, -0.25) is 14.3 Å². The third kappa shape index (κ3) is 8.95. The maximum Gasteiger partial charge on any atom is 0.423 e. The monoisotopic (exact) mass is 537 g/mol. The van der Waals surface area contributed by atoms with E-state index in [2.05, 4.69) is 24.7 Å². The Morgan fingerprint density at radius 1 is 1.34 bits per heavy atom. The lowest BCUT2D eigenvalue weighted by molar-refractivity contribution is -0.139. The van der Waals surface area contributed by atoms with Crippen LogP contribution in [0.15, 0.2) is 15.8 Å². The van der Waals surface area contributed by atoms with Crippen molar-refractivity contribution in [2.24, 2.45) is 0 Å². The van der Waals surface area contributed by atoms with Crippen LogP contribution in [0.4, 0.5) is 13.2 Å². The summed E-state index contributed by atoms with van der Waals surface area (Å²) in [5, 5.41) is 0. The summed E-state index contributed by atoms with van der Waals surface area (Å²) in [6, 6.07) is 0.